The van der Waals surface area contributed by atoms with Crippen molar-refractivity contribution >= 4 is 38.6 Å². The number of thiazole rings is 1. The fourth-order valence-corrected chi connectivity index (χ4v) is 5.86. The largest absolute Gasteiger partial charge is 0.390 e. The number of aliphatic hydroxyl groups is 1. The van der Waals surface area contributed by atoms with Crippen molar-refractivity contribution in [3.63, 3.8) is 0 Å². The molecule has 2 aromatic carbocycles. The summed E-state index contributed by atoms with van der Waals surface area (Å²) in [5.74, 6) is -1.65. The second-order valence-electron chi connectivity index (χ2n) is 8.00. The summed E-state index contributed by atoms with van der Waals surface area (Å²) in [5.41, 5.74) is -1.27. The molecule has 3 rings (SSSR count). The Morgan fingerprint density at radius 3 is 2.47 bits per heavy atom. The lowest BCUT2D eigenvalue weighted by Gasteiger charge is -2.29. The number of hydrogen-bond acceptors (Lipinski definition) is 5. The van der Waals surface area contributed by atoms with E-state index >= 15 is 0 Å². The number of anilines is 1. The van der Waals surface area contributed by atoms with Crippen molar-refractivity contribution in [2.24, 2.45) is 0 Å². The molecule has 1 aromatic heterocycles. The number of sulfonamides is 1. The van der Waals surface area contributed by atoms with Crippen molar-refractivity contribution in [3.8, 4) is 0 Å². The van der Waals surface area contributed by atoms with E-state index in [4.69, 9.17) is 11.6 Å². The minimum absolute atomic E-state index is 0.115. The number of rotatable bonds is 8. The first-order chi connectivity index (χ1) is 14.9. The van der Waals surface area contributed by atoms with Crippen molar-refractivity contribution < 1.29 is 22.3 Å². The predicted octanol–water partition coefficient (Wildman–Crippen LogP) is 5.73. The van der Waals surface area contributed by atoms with E-state index in [1.54, 1.807) is 27.0 Å². The molecule has 0 aliphatic heterocycles. The average molecular weight is 501 g/mol. The SMILES string of the molecule is CC(c1ncc(CCC(C)(C)O)s1)N(c1cc(F)ccc1F)S(=O)(=O)c1ccc(Cl)cc1. The highest BCUT2D eigenvalue weighted by Gasteiger charge is 2.34. The lowest BCUT2D eigenvalue weighted by atomic mass is 10.0. The number of aromatic nitrogens is 1. The first kappa shape index (κ1) is 24.6. The molecule has 1 unspecified atom stereocenters. The quantitative estimate of drug-likeness (QED) is 0.428. The lowest BCUT2D eigenvalue weighted by Crippen LogP contribution is -2.34. The Morgan fingerprint density at radius 2 is 1.84 bits per heavy atom. The van der Waals surface area contributed by atoms with E-state index in [0.717, 1.165) is 27.4 Å². The molecular formula is C22H23ClF2N2O3S2. The molecule has 0 aliphatic rings. The van der Waals surface area contributed by atoms with Gasteiger partial charge in [0.2, 0.25) is 0 Å². The molecule has 5 nitrogen and oxygen atoms in total. The van der Waals surface area contributed by atoms with Crippen molar-refractivity contribution in [3.05, 3.63) is 75.2 Å². The molecule has 0 bridgehead atoms. The molecule has 10 heteroatoms. The zero-order valence-electron chi connectivity index (χ0n) is 17.7. The van der Waals surface area contributed by atoms with Gasteiger partial charge in [0.15, 0.2) is 0 Å². The van der Waals surface area contributed by atoms with Crippen LogP contribution in [0.25, 0.3) is 0 Å². The summed E-state index contributed by atoms with van der Waals surface area (Å²) in [4.78, 5) is 5.06. The van der Waals surface area contributed by atoms with Gasteiger partial charge in [0, 0.05) is 22.2 Å². The minimum atomic E-state index is -4.29. The highest BCUT2D eigenvalue weighted by atomic mass is 35.5. The van der Waals surface area contributed by atoms with Crippen molar-refractivity contribution in [1.29, 1.82) is 0 Å². The van der Waals surface area contributed by atoms with Gasteiger partial charge < -0.3 is 5.11 Å². The number of aryl methyl sites for hydroxylation is 1. The molecule has 1 N–H and O–H groups in total. The predicted molar refractivity (Wildman–Crippen MR) is 123 cm³/mol. The van der Waals surface area contributed by atoms with Crippen LogP contribution in [0.15, 0.2) is 53.6 Å². The Bertz CT molecular complexity index is 1190. The van der Waals surface area contributed by atoms with Gasteiger partial charge in [-0.3, -0.25) is 4.31 Å². The van der Waals surface area contributed by atoms with Crippen LogP contribution in [-0.4, -0.2) is 24.1 Å². The van der Waals surface area contributed by atoms with Gasteiger partial charge >= 0.3 is 0 Å². The van der Waals surface area contributed by atoms with Crippen molar-refractivity contribution in [1.82, 2.24) is 4.98 Å². The molecule has 0 amide bonds. The Kier molecular flexibility index (Phi) is 7.24. The summed E-state index contributed by atoms with van der Waals surface area (Å²) in [6.07, 6.45) is 2.65. The van der Waals surface area contributed by atoms with E-state index in [1.165, 1.54) is 35.6 Å². The molecule has 3 aromatic rings. The van der Waals surface area contributed by atoms with Crippen LogP contribution in [-0.2, 0) is 16.4 Å². The fraction of sp³-hybridized carbons (Fsp3) is 0.318. The first-order valence-electron chi connectivity index (χ1n) is 9.80. The molecule has 32 heavy (non-hydrogen) atoms. The highest BCUT2D eigenvalue weighted by Crippen LogP contribution is 2.37. The fourth-order valence-electron chi connectivity index (χ4n) is 3.08. The molecule has 0 saturated carbocycles. The van der Waals surface area contributed by atoms with E-state index < -0.39 is 39.0 Å². The van der Waals surface area contributed by atoms with Crippen molar-refractivity contribution in [2.75, 3.05) is 4.31 Å². The smallest absolute Gasteiger partial charge is 0.265 e. The standard InChI is InChI=1S/C22H23ClF2N2O3S2/c1-14(21-26-13-17(31-21)10-11-22(2,3)28)27(20-12-16(24)6-9-19(20)25)32(29,30)18-7-4-15(23)5-8-18/h4-9,12-14,28H,10-11H2,1-3H3. The van der Waals surface area contributed by atoms with E-state index in [2.05, 4.69) is 4.98 Å². The van der Waals surface area contributed by atoms with E-state index in [1.807, 2.05) is 0 Å². The summed E-state index contributed by atoms with van der Waals surface area (Å²) < 4.78 is 56.6. The van der Waals surface area contributed by atoms with Gasteiger partial charge in [0.05, 0.1) is 22.2 Å². The lowest BCUT2D eigenvalue weighted by molar-refractivity contribution is 0.0716. The molecular weight excluding hydrogens is 478 g/mol. The molecule has 1 atom stereocenters. The number of nitrogens with zero attached hydrogens (tertiary/aromatic N) is 2. The molecule has 172 valence electrons. The van der Waals surface area contributed by atoms with Crippen LogP contribution in [0.4, 0.5) is 14.5 Å². The van der Waals surface area contributed by atoms with Gasteiger partial charge in [-0.1, -0.05) is 11.6 Å². The topological polar surface area (TPSA) is 70.5 Å². The van der Waals surface area contributed by atoms with E-state index in [9.17, 15) is 22.3 Å². The summed E-state index contributed by atoms with van der Waals surface area (Å²) in [5, 5.41) is 10.7. The second-order valence-corrected chi connectivity index (χ2v) is 11.4. The third kappa shape index (κ3) is 5.64. The number of hydrogen-bond donors (Lipinski definition) is 1. The van der Waals surface area contributed by atoms with Crippen LogP contribution in [0, 0.1) is 11.6 Å². The van der Waals surface area contributed by atoms with Crippen LogP contribution in [0.1, 0.15) is 43.1 Å². The average Bonchev–Trinajstić information content (AvgIpc) is 3.18. The van der Waals surface area contributed by atoms with E-state index in [-0.39, 0.29) is 4.90 Å². The molecule has 0 fully saturated rings. The molecule has 0 aliphatic carbocycles. The molecule has 0 saturated heterocycles. The summed E-state index contributed by atoms with van der Waals surface area (Å²) >= 11 is 7.15. The maximum Gasteiger partial charge on any atom is 0.265 e. The van der Waals surface area contributed by atoms with Gasteiger partial charge in [-0.05, 0) is 70.0 Å². The number of benzene rings is 2. The van der Waals surface area contributed by atoms with Crippen LogP contribution >= 0.6 is 22.9 Å². The molecule has 0 radical (unpaired) electrons. The molecule has 1 heterocycles. The highest BCUT2D eigenvalue weighted by molar-refractivity contribution is 7.92. The third-order valence-corrected chi connectivity index (χ3v) is 8.16. The first-order valence-corrected chi connectivity index (χ1v) is 12.4. The van der Waals surface area contributed by atoms with Gasteiger partial charge in [-0.25, -0.2) is 22.2 Å². The van der Waals surface area contributed by atoms with Crippen molar-refractivity contribution in [2.45, 2.75) is 50.2 Å². The summed E-state index contributed by atoms with van der Waals surface area (Å²) in [7, 11) is -4.29. The summed E-state index contributed by atoms with van der Waals surface area (Å²) in [6.45, 7) is 4.96. The van der Waals surface area contributed by atoms with Crippen LogP contribution in [0.2, 0.25) is 5.02 Å². The maximum absolute atomic E-state index is 14.7. The normalized spacial score (nSPS) is 13.2. The van der Waals surface area contributed by atoms with E-state index in [0.29, 0.717) is 22.9 Å². The Balaban J connectivity index is 2.06. The van der Waals surface area contributed by atoms with Gasteiger partial charge in [0.1, 0.15) is 16.6 Å². The summed E-state index contributed by atoms with van der Waals surface area (Å²) in [6, 6.07) is 7.19. The second kappa shape index (κ2) is 9.43. The van der Waals surface area contributed by atoms with Gasteiger partial charge in [-0.2, -0.15) is 0 Å². The zero-order valence-corrected chi connectivity index (χ0v) is 20.1. The Labute approximate surface area is 195 Å². The number of halogens is 3. The monoisotopic (exact) mass is 500 g/mol. The third-order valence-electron chi connectivity index (χ3n) is 4.78. The van der Waals surface area contributed by atoms with Crippen LogP contribution in [0.5, 0.6) is 0 Å². The minimum Gasteiger partial charge on any atom is -0.390 e. The van der Waals surface area contributed by atoms with Crippen LogP contribution in [0.3, 0.4) is 0 Å². The Hall–Kier alpha value is -2.07. The van der Waals surface area contributed by atoms with Gasteiger partial charge in [-0.15, -0.1) is 11.3 Å². The Morgan fingerprint density at radius 1 is 1.19 bits per heavy atom. The zero-order chi connectivity index (χ0) is 23.7. The maximum atomic E-state index is 14.7. The van der Waals surface area contributed by atoms with Gasteiger partial charge in [0.25, 0.3) is 10.0 Å². The van der Waals surface area contributed by atoms with Crippen LogP contribution < -0.4 is 4.31 Å². The molecule has 0 spiro atoms.